The van der Waals surface area contributed by atoms with Gasteiger partial charge in [0.05, 0.1) is 5.25 Å². The van der Waals surface area contributed by atoms with E-state index in [1.54, 1.807) is 12.4 Å². The summed E-state index contributed by atoms with van der Waals surface area (Å²) in [6.45, 7) is 10.3. The van der Waals surface area contributed by atoms with Crippen LogP contribution in [-0.2, 0) is 11.3 Å². The van der Waals surface area contributed by atoms with Crippen molar-refractivity contribution in [2.75, 3.05) is 13.1 Å². The van der Waals surface area contributed by atoms with E-state index in [9.17, 15) is 4.79 Å². The number of allylic oxidation sites excluding steroid dienone is 1. The molecule has 0 saturated carbocycles. The number of pyridine rings is 1. The van der Waals surface area contributed by atoms with Crippen molar-refractivity contribution < 1.29 is 4.79 Å². The van der Waals surface area contributed by atoms with E-state index in [1.165, 1.54) is 11.8 Å². The first-order chi connectivity index (χ1) is 12.6. The largest absolute Gasteiger partial charge is 0.342 e. The summed E-state index contributed by atoms with van der Waals surface area (Å²) in [4.78, 5) is 18.8. The van der Waals surface area contributed by atoms with Gasteiger partial charge in [0, 0.05) is 37.6 Å². The van der Waals surface area contributed by atoms with E-state index in [0.717, 1.165) is 42.5 Å². The zero-order valence-corrected chi connectivity index (χ0v) is 16.2. The lowest BCUT2D eigenvalue weighted by Crippen LogP contribution is -2.41. The van der Waals surface area contributed by atoms with Crippen molar-refractivity contribution >= 4 is 17.7 Å². The number of aromatic nitrogens is 4. The van der Waals surface area contributed by atoms with E-state index in [1.807, 2.05) is 34.6 Å². The molecule has 1 amide bonds. The zero-order valence-electron chi connectivity index (χ0n) is 15.3. The molecule has 1 atom stereocenters. The summed E-state index contributed by atoms with van der Waals surface area (Å²) in [7, 11) is 0. The van der Waals surface area contributed by atoms with Gasteiger partial charge in [-0.2, -0.15) is 0 Å². The van der Waals surface area contributed by atoms with Crippen LogP contribution in [0.1, 0.15) is 26.7 Å². The molecular formula is C19H25N5OS. The molecule has 2 aromatic rings. The van der Waals surface area contributed by atoms with Gasteiger partial charge in [-0.05, 0) is 37.8 Å². The molecule has 1 unspecified atom stereocenters. The predicted molar refractivity (Wildman–Crippen MR) is 104 cm³/mol. The molecule has 3 heterocycles. The Balaban J connectivity index is 1.75. The van der Waals surface area contributed by atoms with Gasteiger partial charge in [0.1, 0.15) is 0 Å². The van der Waals surface area contributed by atoms with Crippen molar-refractivity contribution in [3.63, 3.8) is 0 Å². The summed E-state index contributed by atoms with van der Waals surface area (Å²) in [5.74, 6) is 1.65. The molecule has 26 heavy (non-hydrogen) atoms. The van der Waals surface area contributed by atoms with E-state index in [-0.39, 0.29) is 11.2 Å². The molecule has 1 aliphatic heterocycles. The Morgan fingerprint density at radius 3 is 2.69 bits per heavy atom. The fraction of sp³-hybridized carbons (Fsp3) is 0.474. The average Bonchev–Trinajstić information content (AvgIpc) is 3.05. The van der Waals surface area contributed by atoms with Crippen LogP contribution in [0.5, 0.6) is 0 Å². The summed E-state index contributed by atoms with van der Waals surface area (Å²) in [5, 5.41) is 9.20. The topological polar surface area (TPSA) is 63.9 Å². The number of rotatable bonds is 6. The first kappa shape index (κ1) is 18.6. The summed E-state index contributed by atoms with van der Waals surface area (Å²) in [6.07, 6.45) is 7.46. The van der Waals surface area contributed by atoms with E-state index in [0.29, 0.717) is 12.5 Å². The number of hydrogen-bond acceptors (Lipinski definition) is 5. The van der Waals surface area contributed by atoms with E-state index < -0.39 is 0 Å². The number of amides is 1. The second kappa shape index (κ2) is 8.49. The SMILES string of the molecule is C=CCn1c(SC(C)C(=O)N2CCC(C)CC2)nnc1-c1ccncc1. The summed E-state index contributed by atoms with van der Waals surface area (Å²) in [5.41, 5.74) is 0.949. The van der Waals surface area contributed by atoms with Crippen LogP contribution in [-0.4, -0.2) is 48.9 Å². The number of carbonyl (C=O) groups excluding carboxylic acids is 1. The molecule has 0 radical (unpaired) electrons. The molecule has 0 bridgehead atoms. The van der Waals surface area contributed by atoms with E-state index in [2.05, 4.69) is 28.7 Å². The lowest BCUT2D eigenvalue weighted by atomic mass is 9.99. The standard InChI is InChI=1S/C19H25N5OS/c1-4-11-24-17(16-5-9-20-10-6-16)21-22-19(24)26-15(3)18(25)23-12-7-14(2)8-13-23/h4-6,9-10,14-15H,1,7-8,11-13H2,2-3H3. The highest BCUT2D eigenvalue weighted by molar-refractivity contribution is 8.00. The number of hydrogen-bond donors (Lipinski definition) is 0. The Hall–Kier alpha value is -2.15. The molecule has 7 heteroatoms. The van der Waals surface area contributed by atoms with Crippen LogP contribution in [0.15, 0.2) is 42.3 Å². The number of carbonyl (C=O) groups is 1. The van der Waals surface area contributed by atoms with Gasteiger partial charge in [0.25, 0.3) is 0 Å². The van der Waals surface area contributed by atoms with Crippen molar-refractivity contribution in [1.82, 2.24) is 24.6 Å². The molecule has 0 aromatic carbocycles. The normalized spacial score (nSPS) is 16.5. The van der Waals surface area contributed by atoms with Crippen molar-refractivity contribution in [1.29, 1.82) is 0 Å². The van der Waals surface area contributed by atoms with Gasteiger partial charge < -0.3 is 4.90 Å². The van der Waals surface area contributed by atoms with Gasteiger partial charge in [-0.3, -0.25) is 14.3 Å². The molecular weight excluding hydrogens is 346 g/mol. The highest BCUT2D eigenvalue weighted by atomic mass is 32.2. The first-order valence-corrected chi connectivity index (χ1v) is 9.88. The molecule has 1 fully saturated rings. The minimum Gasteiger partial charge on any atom is -0.342 e. The van der Waals surface area contributed by atoms with Gasteiger partial charge in [0.2, 0.25) is 5.91 Å². The Bertz CT molecular complexity index is 753. The van der Waals surface area contributed by atoms with Crippen LogP contribution in [0, 0.1) is 5.92 Å². The van der Waals surface area contributed by atoms with Crippen LogP contribution in [0.2, 0.25) is 0 Å². The van der Waals surface area contributed by atoms with Crippen LogP contribution < -0.4 is 0 Å². The van der Waals surface area contributed by atoms with Gasteiger partial charge in [-0.25, -0.2) is 0 Å². The number of likely N-dealkylation sites (tertiary alicyclic amines) is 1. The monoisotopic (exact) mass is 371 g/mol. The lowest BCUT2D eigenvalue weighted by molar-refractivity contribution is -0.131. The third-order valence-electron chi connectivity index (χ3n) is 4.69. The van der Waals surface area contributed by atoms with Crippen LogP contribution in [0.4, 0.5) is 0 Å². The molecule has 0 spiro atoms. The molecule has 6 nitrogen and oxygen atoms in total. The Kier molecular flexibility index (Phi) is 6.08. The minimum atomic E-state index is -0.193. The number of nitrogens with zero attached hydrogens (tertiary/aromatic N) is 5. The zero-order chi connectivity index (χ0) is 18.5. The smallest absolute Gasteiger partial charge is 0.235 e. The number of piperidine rings is 1. The van der Waals surface area contributed by atoms with Crippen LogP contribution in [0.3, 0.4) is 0 Å². The quantitative estimate of drug-likeness (QED) is 0.576. The average molecular weight is 372 g/mol. The third kappa shape index (κ3) is 4.15. The fourth-order valence-corrected chi connectivity index (χ4v) is 4.02. The van der Waals surface area contributed by atoms with Gasteiger partial charge in [-0.1, -0.05) is 24.8 Å². The van der Waals surface area contributed by atoms with Crippen LogP contribution >= 0.6 is 11.8 Å². The molecule has 3 rings (SSSR count). The van der Waals surface area contributed by atoms with Crippen molar-refractivity contribution in [2.24, 2.45) is 5.92 Å². The first-order valence-electron chi connectivity index (χ1n) is 9.00. The van der Waals surface area contributed by atoms with E-state index in [4.69, 9.17) is 0 Å². The van der Waals surface area contributed by atoms with Crippen molar-refractivity contribution in [3.8, 4) is 11.4 Å². The molecule has 2 aromatic heterocycles. The molecule has 1 aliphatic rings. The van der Waals surface area contributed by atoms with Gasteiger partial charge >= 0.3 is 0 Å². The maximum Gasteiger partial charge on any atom is 0.235 e. The highest BCUT2D eigenvalue weighted by Crippen LogP contribution is 2.28. The Morgan fingerprint density at radius 1 is 1.35 bits per heavy atom. The lowest BCUT2D eigenvalue weighted by Gasteiger charge is -2.31. The Morgan fingerprint density at radius 2 is 2.04 bits per heavy atom. The van der Waals surface area contributed by atoms with Gasteiger partial charge in [-0.15, -0.1) is 16.8 Å². The van der Waals surface area contributed by atoms with Gasteiger partial charge in [0.15, 0.2) is 11.0 Å². The summed E-state index contributed by atoms with van der Waals surface area (Å²) in [6, 6.07) is 3.81. The second-order valence-corrected chi connectivity index (χ2v) is 8.02. The molecule has 138 valence electrons. The summed E-state index contributed by atoms with van der Waals surface area (Å²) < 4.78 is 2.00. The van der Waals surface area contributed by atoms with Crippen molar-refractivity contribution in [2.45, 2.75) is 43.6 Å². The number of thioether (sulfide) groups is 1. The second-order valence-electron chi connectivity index (χ2n) is 6.71. The highest BCUT2D eigenvalue weighted by Gasteiger charge is 2.27. The third-order valence-corrected chi connectivity index (χ3v) is 5.76. The minimum absolute atomic E-state index is 0.181. The van der Waals surface area contributed by atoms with Crippen molar-refractivity contribution in [3.05, 3.63) is 37.2 Å². The van der Waals surface area contributed by atoms with E-state index >= 15 is 0 Å². The maximum absolute atomic E-state index is 12.8. The summed E-state index contributed by atoms with van der Waals surface area (Å²) >= 11 is 1.46. The molecule has 1 saturated heterocycles. The van der Waals surface area contributed by atoms with Crippen LogP contribution in [0.25, 0.3) is 11.4 Å². The molecule has 0 aliphatic carbocycles. The Labute approximate surface area is 158 Å². The maximum atomic E-state index is 12.8. The predicted octanol–water partition coefficient (Wildman–Crippen LogP) is 3.27. The fourth-order valence-electron chi connectivity index (χ4n) is 3.08. The molecule has 0 N–H and O–H groups in total.